The summed E-state index contributed by atoms with van der Waals surface area (Å²) in [4.78, 5) is 41.4. The van der Waals surface area contributed by atoms with Crippen LogP contribution in [0, 0.1) is 6.92 Å². The molecule has 0 saturated carbocycles. The van der Waals surface area contributed by atoms with Crippen molar-refractivity contribution in [1.29, 1.82) is 0 Å². The number of nitrogens with one attached hydrogen (secondary N) is 3. The number of methoxy groups -OCH3 is 1. The van der Waals surface area contributed by atoms with Crippen LogP contribution in [0.1, 0.15) is 60.9 Å². The van der Waals surface area contributed by atoms with Gasteiger partial charge in [-0.25, -0.2) is 24.4 Å². The van der Waals surface area contributed by atoms with Crippen molar-refractivity contribution in [3.8, 4) is 11.4 Å². The lowest BCUT2D eigenvalue weighted by atomic mass is 9.92. The summed E-state index contributed by atoms with van der Waals surface area (Å²) in [5.74, 6) is 2.09. The number of rotatable bonds is 10. The zero-order valence-electron chi connectivity index (χ0n) is 31.7. The van der Waals surface area contributed by atoms with Gasteiger partial charge >= 0.3 is 6.03 Å². The van der Waals surface area contributed by atoms with Crippen molar-refractivity contribution in [1.82, 2.24) is 29.6 Å². The number of carbonyl (C=O) groups excluding carboxylic acids is 2. The van der Waals surface area contributed by atoms with Crippen molar-refractivity contribution < 1.29 is 19.1 Å². The number of fused-ring (bicyclic) bond motifs is 1. The lowest BCUT2D eigenvalue weighted by Gasteiger charge is -2.31. The summed E-state index contributed by atoms with van der Waals surface area (Å²) in [7, 11) is 1.67. The quantitative estimate of drug-likeness (QED) is 0.127. The standard InChI is InChI=1S/C42H45N9O4/c1-27-12-14-29(15-13-27)51-39(22-36(49-51)42(2,3)4)48-41(53)46-33-16-17-35(32-11-7-6-10-31(32)33)55-26-28-18-19-43-37(21-28)47-38-24-44-34(23-45-38)40(52)50-20-8-9-30(25-50)54-5/h6-7,10-19,21-24,30H,8-9,20,25-26H2,1-5H3,(H,43,45,47)(H2,46,48,53)/t30-/m0/s1. The summed E-state index contributed by atoms with van der Waals surface area (Å²) in [6.45, 7) is 9.80. The summed E-state index contributed by atoms with van der Waals surface area (Å²) in [6.07, 6.45) is 6.56. The van der Waals surface area contributed by atoms with Gasteiger partial charge in [0.25, 0.3) is 5.91 Å². The molecule has 1 fully saturated rings. The maximum Gasteiger partial charge on any atom is 0.324 e. The second-order valence-corrected chi connectivity index (χ2v) is 14.6. The number of hydrogen-bond acceptors (Lipinski definition) is 9. The molecule has 0 aliphatic carbocycles. The highest BCUT2D eigenvalue weighted by molar-refractivity contribution is 6.07. The minimum atomic E-state index is -0.391. The molecule has 4 heterocycles. The van der Waals surface area contributed by atoms with Gasteiger partial charge in [-0.3, -0.25) is 10.1 Å². The van der Waals surface area contributed by atoms with Gasteiger partial charge in [0.2, 0.25) is 0 Å². The van der Waals surface area contributed by atoms with Crippen molar-refractivity contribution in [3.63, 3.8) is 0 Å². The summed E-state index contributed by atoms with van der Waals surface area (Å²) in [6, 6.07) is 24.7. The van der Waals surface area contributed by atoms with Crippen molar-refractivity contribution in [2.45, 2.75) is 58.7 Å². The van der Waals surface area contributed by atoms with E-state index in [2.05, 4.69) is 51.7 Å². The zero-order valence-corrected chi connectivity index (χ0v) is 31.7. The number of pyridine rings is 1. The maximum absolute atomic E-state index is 13.5. The van der Waals surface area contributed by atoms with Gasteiger partial charge in [-0.2, -0.15) is 5.10 Å². The molecule has 0 unspecified atom stereocenters. The number of benzene rings is 3. The second-order valence-electron chi connectivity index (χ2n) is 14.6. The van der Waals surface area contributed by atoms with E-state index in [1.807, 2.05) is 85.8 Å². The van der Waals surface area contributed by atoms with Gasteiger partial charge in [0, 0.05) is 48.6 Å². The van der Waals surface area contributed by atoms with Crippen LogP contribution in [0.3, 0.4) is 0 Å². The van der Waals surface area contributed by atoms with Crippen molar-refractivity contribution in [3.05, 3.63) is 120 Å². The molecule has 3 aromatic carbocycles. The Balaban J connectivity index is 1.01. The third-order valence-corrected chi connectivity index (χ3v) is 9.47. The first kappa shape index (κ1) is 37.0. The van der Waals surface area contributed by atoms with E-state index in [4.69, 9.17) is 14.6 Å². The number of carbonyl (C=O) groups is 2. The summed E-state index contributed by atoms with van der Waals surface area (Å²) >= 11 is 0. The molecule has 0 radical (unpaired) electrons. The molecule has 55 heavy (non-hydrogen) atoms. The van der Waals surface area contributed by atoms with E-state index >= 15 is 0 Å². The average molecular weight is 740 g/mol. The predicted molar refractivity (Wildman–Crippen MR) is 213 cm³/mol. The summed E-state index contributed by atoms with van der Waals surface area (Å²) < 4.78 is 13.5. The SMILES string of the molecule is CO[C@H]1CCCN(C(=O)c2cnc(Nc3cc(COc4ccc(NC(=O)Nc5cc(C(C)(C)C)nn5-c5ccc(C)cc5)c5ccccc45)ccn3)cn2)C1. The lowest BCUT2D eigenvalue weighted by Crippen LogP contribution is -2.43. The highest BCUT2D eigenvalue weighted by Gasteiger charge is 2.25. The van der Waals surface area contributed by atoms with E-state index in [0.29, 0.717) is 42.0 Å². The van der Waals surface area contributed by atoms with Crippen LogP contribution in [0.15, 0.2) is 97.5 Å². The molecule has 13 heteroatoms. The number of anilines is 4. The summed E-state index contributed by atoms with van der Waals surface area (Å²) in [5.41, 5.74) is 4.43. The molecule has 3 amide bonds. The molecule has 13 nitrogen and oxygen atoms in total. The minimum Gasteiger partial charge on any atom is -0.488 e. The van der Waals surface area contributed by atoms with Gasteiger partial charge < -0.3 is 25.0 Å². The zero-order chi connectivity index (χ0) is 38.5. The molecule has 3 aromatic heterocycles. The first-order valence-corrected chi connectivity index (χ1v) is 18.3. The number of ether oxygens (including phenoxy) is 2. The Kier molecular flexibility index (Phi) is 10.7. The van der Waals surface area contributed by atoms with Crippen LogP contribution in [0.5, 0.6) is 5.75 Å². The molecule has 1 aliphatic heterocycles. The molecule has 0 spiro atoms. The highest BCUT2D eigenvalue weighted by atomic mass is 16.5. The van der Waals surface area contributed by atoms with E-state index in [-0.39, 0.29) is 29.7 Å². The molecule has 1 aliphatic rings. The van der Waals surface area contributed by atoms with Crippen LogP contribution in [0.2, 0.25) is 0 Å². The number of aryl methyl sites for hydroxylation is 1. The molecule has 1 saturated heterocycles. The van der Waals surface area contributed by atoms with Crippen LogP contribution in [-0.2, 0) is 16.8 Å². The van der Waals surface area contributed by atoms with Gasteiger partial charge in [-0.05, 0) is 61.7 Å². The molecule has 282 valence electrons. The number of aromatic nitrogens is 5. The molecular formula is C42H45N9O4. The van der Waals surface area contributed by atoms with Gasteiger partial charge in [0.15, 0.2) is 0 Å². The second kappa shape index (κ2) is 15.9. The van der Waals surface area contributed by atoms with E-state index in [0.717, 1.165) is 46.1 Å². The van der Waals surface area contributed by atoms with E-state index in [9.17, 15) is 9.59 Å². The van der Waals surface area contributed by atoms with E-state index in [1.165, 1.54) is 12.4 Å². The first-order valence-electron chi connectivity index (χ1n) is 18.3. The van der Waals surface area contributed by atoms with E-state index < -0.39 is 6.03 Å². The molecule has 6 aromatic rings. The third-order valence-electron chi connectivity index (χ3n) is 9.47. The Morgan fingerprint density at radius 2 is 1.69 bits per heavy atom. The normalized spacial score (nSPS) is 14.4. The topological polar surface area (TPSA) is 148 Å². The van der Waals surface area contributed by atoms with Gasteiger partial charge in [0.05, 0.1) is 35.6 Å². The number of piperidine rings is 1. The molecule has 1 atom stereocenters. The largest absolute Gasteiger partial charge is 0.488 e. The molecular weight excluding hydrogens is 695 g/mol. The van der Waals surface area contributed by atoms with Crippen molar-refractivity contribution >= 4 is 45.9 Å². The Bertz CT molecular complexity index is 2300. The highest BCUT2D eigenvalue weighted by Crippen LogP contribution is 2.33. The third kappa shape index (κ3) is 8.73. The smallest absolute Gasteiger partial charge is 0.324 e. The van der Waals surface area contributed by atoms with Crippen LogP contribution < -0.4 is 20.7 Å². The van der Waals surface area contributed by atoms with Gasteiger partial charge in [-0.1, -0.05) is 62.7 Å². The maximum atomic E-state index is 13.5. The Morgan fingerprint density at radius 1 is 0.891 bits per heavy atom. The van der Waals surface area contributed by atoms with Crippen LogP contribution >= 0.6 is 0 Å². The monoisotopic (exact) mass is 739 g/mol. The predicted octanol–water partition coefficient (Wildman–Crippen LogP) is 8.03. The average Bonchev–Trinajstić information content (AvgIpc) is 3.62. The fraction of sp³-hybridized carbons (Fsp3) is 0.286. The summed E-state index contributed by atoms with van der Waals surface area (Å²) in [5, 5.41) is 15.7. The Labute approximate surface area is 320 Å². The van der Waals surface area contributed by atoms with Crippen LogP contribution in [0.25, 0.3) is 16.5 Å². The minimum absolute atomic E-state index is 0.0396. The van der Waals surface area contributed by atoms with Crippen LogP contribution in [0.4, 0.5) is 27.9 Å². The lowest BCUT2D eigenvalue weighted by molar-refractivity contribution is 0.0265. The Hall–Kier alpha value is -6.34. The van der Waals surface area contributed by atoms with E-state index in [1.54, 1.807) is 22.9 Å². The number of likely N-dealkylation sites (tertiary alicyclic amines) is 1. The number of nitrogens with zero attached hydrogens (tertiary/aromatic N) is 6. The molecule has 7 rings (SSSR count). The molecule has 0 bridgehead atoms. The molecule has 3 N–H and O–H groups in total. The van der Waals surface area contributed by atoms with Crippen molar-refractivity contribution in [2.75, 3.05) is 36.1 Å². The Morgan fingerprint density at radius 3 is 2.44 bits per heavy atom. The van der Waals surface area contributed by atoms with Gasteiger partial charge in [0.1, 0.15) is 35.5 Å². The number of amides is 3. The number of urea groups is 1. The first-order chi connectivity index (χ1) is 26.5. The van der Waals surface area contributed by atoms with Gasteiger partial charge in [-0.15, -0.1) is 0 Å². The fourth-order valence-corrected chi connectivity index (χ4v) is 6.40. The fourth-order valence-electron chi connectivity index (χ4n) is 6.40. The van der Waals surface area contributed by atoms with Crippen LogP contribution in [-0.4, -0.2) is 67.9 Å². The number of hydrogen-bond donors (Lipinski definition) is 3. The van der Waals surface area contributed by atoms with Crippen molar-refractivity contribution in [2.24, 2.45) is 0 Å².